The number of aliphatic hydroxyl groups excluding tert-OH is 1. The van der Waals surface area contributed by atoms with Crippen molar-refractivity contribution in [2.45, 2.75) is 19.4 Å². The van der Waals surface area contributed by atoms with Gasteiger partial charge in [0.25, 0.3) is 5.91 Å². The molecule has 0 spiro atoms. The zero-order valence-corrected chi connectivity index (χ0v) is 11.2. The normalized spacial score (nSPS) is 11.6. The predicted molar refractivity (Wildman–Crippen MR) is 67.5 cm³/mol. The van der Waals surface area contributed by atoms with Gasteiger partial charge in [0.2, 0.25) is 0 Å². The third-order valence-corrected chi connectivity index (χ3v) is 2.56. The average molecular weight is 299 g/mol. The minimum Gasteiger partial charge on any atom is -0.480 e. The first-order valence-corrected chi connectivity index (χ1v) is 6.04. The zero-order chi connectivity index (χ0) is 16.0. The van der Waals surface area contributed by atoms with Crippen molar-refractivity contribution in [3.05, 3.63) is 35.6 Å². The Bertz CT molecular complexity index is 547. The maximum Gasteiger partial charge on any atom is 0.366 e. The molecule has 1 atom stereocenters. The summed E-state index contributed by atoms with van der Waals surface area (Å²) in [5.41, 5.74) is -0.450. The van der Waals surface area contributed by atoms with Crippen molar-refractivity contribution in [3.63, 3.8) is 0 Å². The molecule has 0 unspecified atom stereocenters. The van der Waals surface area contributed by atoms with Crippen LogP contribution in [0.4, 0.5) is 4.39 Å². The standard InChI is InChI=1S/C13H14FNO6/c1-2-11(17)15(10(7-16)12(18)19)21-13(20)8-5-3-4-6-9(8)14/h3-6,10,16H,2,7H2,1H3,(H,18,19)/t10-/m0/s1. The second-order valence-electron chi connectivity index (χ2n) is 3.97. The van der Waals surface area contributed by atoms with Crippen LogP contribution in [0, 0.1) is 5.82 Å². The number of carbonyl (C=O) groups is 3. The first kappa shape index (κ1) is 16.6. The Morgan fingerprint density at radius 3 is 2.43 bits per heavy atom. The molecule has 1 aromatic carbocycles. The smallest absolute Gasteiger partial charge is 0.366 e. The van der Waals surface area contributed by atoms with Gasteiger partial charge >= 0.3 is 11.9 Å². The topological polar surface area (TPSA) is 104 Å². The van der Waals surface area contributed by atoms with E-state index in [2.05, 4.69) is 4.84 Å². The number of hydrogen-bond acceptors (Lipinski definition) is 5. The number of nitrogens with zero attached hydrogens (tertiary/aromatic N) is 1. The predicted octanol–water partition coefficient (Wildman–Crippen LogP) is 0.582. The zero-order valence-electron chi connectivity index (χ0n) is 11.2. The van der Waals surface area contributed by atoms with Gasteiger partial charge in [0, 0.05) is 6.42 Å². The molecule has 0 radical (unpaired) electrons. The third-order valence-electron chi connectivity index (χ3n) is 2.56. The lowest BCUT2D eigenvalue weighted by Gasteiger charge is -2.25. The van der Waals surface area contributed by atoms with E-state index in [9.17, 15) is 18.8 Å². The lowest BCUT2D eigenvalue weighted by Crippen LogP contribution is -2.48. The highest BCUT2D eigenvalue weighted by molar-refractivity contribution is 5.91. The van der Waals surface area contributed by atoms with E-state index in [1.165, 1.54) is 19.1 Å². The minimum absolute atomic E-state index is 0.158. The van der Waals surface area contributed by atoms with Crippen LogP contribution < -0.4 is 0 Å². The summed E-state index contributed by atoms with van der Waals surface area (Å²) < 4.78 is 13.4. The van der Waals surface area contributed by atoms with Gasteiger partial charge in [-0.25, -0.2) is 14.0 Å². The first-order valence-electron chi connectivity index (χ1n) is 6.04. The number of benzene rings is 1. The quantitative estimate of drug-likeness (QED) is 0.771. The van der Waals surface area contributed by atoms with Crippen LogP contribution in [0.15, 0.2) is 24.3 Å². The number of aliphatic carboxylic acids is 1. The Morgan fingerprint density at radius 2 is 1.95 bits per heavy atom. The van der Waals surface area contributed by atoms with E-state index in [-0.39, 0.29) is 11.5 Å². The Hall–Kier alpha value is -2.48. The summed E-state index contributed by atoms with van der Waals surface area (Å²) in [6, 6.07) is 3.12. The molecule has 7 nitrogen and oxygen atoms in total. The molecule has 114 valence electrons. The van der Waals surface area contributed by atoms with E-state index in [1.54, 1.807) is 0 Å². The molecule has 2 N–H and O–H groups in total. The number of hydroxylamine groups is 2. The van der Waals surface area contributed by atoms with Crippen LogP contribution in [-0.4, -0.2) is 45.8 Å². The summed E-state index contributed by atoms with van der Waals surface area (Å²) in [5.74, 6) is -4.49. The lowest BCUT2D eigenvalue weighted by molar-refractivity contribution is -0.190. The molecule has 0 aliphatic carbocycles. The number of amides is 1. The van der Waals surface area contributed by atoms with Crippen LogP contribution in [0.2, 0.25) is 0 Å². The van der Waals surface area contributed by atoms with Crippen molar-refractivity contribution in [1.82, 2.24) is 5.06 Å². The van der Waals surface area contributed by atoms with Gasteiger partial charge in [-0.15, -0.1) is 0 Å². The summed E-state index contributed by atoms with van der Waals surface area (Å²) in [6.07, 6.45) is -0.158. The van der Waals surface area contributed by atoms with Crippen molar-refractivity contribution >= 4 is 17.8 Å². The average Bonchev–Trinajstić information content (AvgIpc) is 2.46. The van der Waals surface area contributed by atoms with Gasteiger partial charge in [0.15, 0.2) is 6.04 Å². The van der Waals surface area contributed by atoms with Crippen molar-refractivity contribution < 1.29 is 33.8 Å². The van der Waals surface area contributed by atoms with E-state index >= 15 is 0 Å². The van der Waals surface area contributed by atoms with Gasteiger partial charge in [-0.05, 0) is 12.1 Å². The second-order valence-corrected chi connectivity index (χ2v) is 3.97. The molecule has 0 bridgehead atoms. The summed E-state index contributed by atoms with van der Waals surface area (Å²) in [5, 5.41) is 18.2. The van der Waals surface area contributed by atoms with Crippen LogP contribution >= 0.6 is 0 Å². The summed E-state index contributed by atoms with van der Waals surface area (Å²) in [7, 11) is 0. The van der Waals surface area contributed by atoms with E-state index in [1.807, 2.05) is 0 Å². The van der Waals surface area contributed by atoms with Crippen LogP contribution in [0.25, 0.3) is 0 Å². The maximum absolute atomic E-state index is 13.4. The highest BCUT2D eigenvalue weighted by Crippen LogP contribution is 2.12. The summed E-state index contributed by atoms with van der Waals surface area (Å²) in [4.78, 5) is 39.1. The number of hydrogen-bond donors (Lipinski definition) is 2. The van der Waals surface area contributed by atoms with Crippen LogP contribution in [0.5, 0.6) is 0 Å². The van der Waals surface area contributed by atoms with Crippen LogP contribution in [0.3, 0.4) is 0 Å². The van der Waals surface area contributed by atoms with Gasteiger partial charge in [-0.2, -0.15) is 5.06 Å². The van der Waals surface area contributed by atoms with E-state index in [0.29, 0.717) is 0 Å². The molecule has 0 fully saturated rings. The molecule has 0 aliphatic rings. The molecular weight excluding hydrogens is 285 g/mol. The van der Waals surface area contributed by atoms with E-state index in [0.717, 1.165) is 12.1 Å². The van der Waals surface area contributed by atoms with Gasteiger partial charge in [0.1, 0.15) is 5.82 Å². The number of rotatable bonds is 5. The Kier molecular flexibility index (Phi) is 5.79. The largest absolute Gasteiger partial charge is 0.480 e. The summed E-state index contributed by atoms with van der Waals surface area (Å²) in [6.45, 7) is 0.466. The van der Waals surface area contributed by atoms with Gasteiger partial charge in [-0.3, -0.25) is 4.79 Å². The molecule has 0 saturated carbocycles. The number of carbonyl (C=O) groups excluding carboxylic acids is 2. The number of aliphatic hydroxyl groups is 1. The Labute approximate surface area is 119 Å². The highest BCUT2D eigenvalue weighted by atomic mass is 19.1. The number of halogens is 1. The van der Waals surface area contributed by atoms with Crippen molar-refractivity contribution in [2.75, 3.05) is 6.61 Å². The fraction of sp³-hybridized carbons (Fsp3) is 0.308. The maximum atomic E-state index is 13.4. The Balaban J connectivity index is 3.02. The monoisotopic (exact) mass is 299 g/mol. The highest BCUT2D eigenvalue weighted by Gasteiger charge is 2.32. The molecule has 0 aliphatic heterocycles. The lowest BCUT2D eigenvalue weighted by atomic mass is 10.2. The van der Waals surface area contributed by atoms with E-state index < -0.39 is 41.9 Å². The third kappa shape index (κ3) is 3.99. The molecule has 1 amide bonds. The fourth-order valence-corrected chi connectivity index (χ4v) is 1.46. The first-order chi connectivity index (χ1) is 9.92. The second kappa shape index (κ2) is 7.34. The molecule has 0 heterocycles. The minimum atomic E-state index is -1.76. The van der Waals surface area contributed by atoms with E-state index in [4.69, 9.17) is 10.2 Å². The van der Waals surface area contributed by atoms with Crippen molar-refractivity contribution in [1.29, 1.82) is 0 Å². The molecule has 0 saturated heterocycles. The van der Waals surface area contributed by atoms with Crippen LogP contribution in [-0.2, 0) is 14.4 Å². The molecule has 8 heteroatoms. The molecule has 0 aromatic heterocycles. The Morgan fingerprint density at radius 1 is 1.33 bits per heavy atom. The molecule has 1 aromatic rings. The number of carboxylic acid groups (broad SMARTS) is 1. The number of carboxylic acids is 1. The van der Waals surface area contributed by atoms with Crippen molar-refractivity contribution in [2.24, 2.45) is 0 Å². The molecule has 21 heavy (non-hydrogen) atoms. The van der Waals surface area contributed by atoms with Gasteiger partial charge in [0.05, 0.1) is 12.2 Å². The van der Waals surface area contributed by atoms with Crippen LogP contribution in [0.1, 0.15) is 23.7 Å². The van der Waals surface area contributed by atoms with Crippen molar-refractivity contribution in [3.8, 4) is 0 Å². The SMILES string of the molecule is CCC(=O)N(OC(=O)c1ccccc1F)[C@@H](CO)C(=O)O. The molecule has 1 rings (SSSR count). The summed E-state index contributed by atoms with van der Waals surface area (Å²) >= 11 is 0. The fourth-order valence-electron chi connectivity index (χ4n) is 1.46. The molecular formula is C13H14FNO6. The van der Waals surface area contributed by atoms with Gasteiger partial charge < -0.3 is 15.1 Å². The van der Waals surface area contributed by atoms with Gasteiger partial charge in [-0.1, -0.05) is 19.1 Å².